The van der Waals surface area contributed by atoms with Crippen molar-refractivity contribution in [3.05, 3.63) is 34.9 Å². The number of amides is 1. The number of likely N-dealkylation sites (N-methyl/N-ethyl adjacent to an activating group) is 1. The van der Waals surface area contributed by atoms with Crippen molar-refractivity contribution in [1.29, 1.82) is 0 Å². The Morgan fingerprint density at radius 1 is 1.35 bits per heavy atom. The minimum absolute atomic E-state index is 0.0894. The fourth-order valence-electron chi connectivity index (χ4n) is 3.12. The maximum atomic E-state index is 12.2. The average molecular weight is 338 g/mol. The van der Waals surface area contributed by atoms with Crippen molar-refractivity contribution in [2.45, 2.75) is 31.7 Å². The molecule has 1 aliphatic rings. The fraction of sp³-hybridized carbons (Fsp3) is 0.611. The number of piperidine rings is 1. The number of halogens is 1. The summed E-state index contributed by atoms with van der Waals surface area (Å²) in [7, 11) is 4.02. The number of benzene rings is 1. The molecule has 1 heterocycles. The molecule has 0 saturated carbocycles. The topological polar surface area (TPSA) is 44.4 Å². The lowest BCUT2D eigenvalue weighted by Crippen LogP contribution is -2.35. The Bertz CT molecular complexity index is 501. The third-order valence-electron chi connectivity index (χ3n) is 4.62. The molecule has 23 heavy (non-hydrogen) atoms. The lowest BCUT2D eigenvalue weighted by Gasteiger charge is -2.26. The van der Waals surface area contributed by atoms with Gasteiger partial charge in [0.2, 0.25) is 5.91 Å². The molecule has 1 aromatic carbocycles. The fourth-order valence-corrected chi connectivity index (χ4v) is 3.38. The van der Waals surface area contributed by atoms with Gasteiger partial charge in [0.25, 0.3) is 0 Å². The minimum atomic E-state index is 0.0894. The molecule has 1 unspecified atom stereocenters. The van der Waals surface area contributed by atoms with Crippen molar-refractivity contribution in [3.63, 3.8) is 0 Å². The molecule has 1 saturated heterocycles. The average Bonchev–Trinajstić information content (AvgIpc) is 2.55. The first-order valence-electron chi connectivity index (χ1n) is 8.46. The van der Waals surface area contributed by atoms with Crippen molar-refractivity contribution in [2.24, 2.45) is 5.92 Å². The summed E-state index contributed by atoms with van der Waals surface area (Å²) in [5.74, 6) is 0.831. The Labute approximate surface area is 144 Å². The quantitative estimate of drug-likeness (QED) is 0.804. The SMILES string of the molecule is CN(C)C(CNC(=O)CCC1CCNCC1)c1ccccc1Cl. The molecule has 0 spiro atoms. The summed E-state index contributed by atoms with van der Waals surface area (Å²) in [6.07, 6.45) is 3.99. The van der Waals surface area contributed by atoms with Crippen molar-refractivity contribution in [3.8, 4) is 0 Å². The van der Waals surface area contributed by atoms with Crippen LogP contribution in [0.5, 0.6) is 0 Å². The second-order valence-electron chi connectivity index (χ2n) is 6.54. The number of rotatable bonds is 7. The van der Waals surface area contributed by atoms with E-state index >= 15 is 0 Å². The second kappa shape index (κ2) is 9.26. The van der Waals surface area contributed by atoms with E-state index in [1.54, 1.807) is 0 Å². The summed E-state index contributed by atoms with van der Waals surface area (Å²) < 4.78 is 0. The highest BCUT2D eigenvalue weighted by atomic mass is 35.5. The lowest BCUT2D eigenvalue weighted by atomic mass is 9.93. The van der Waals surface area contributed by atoms with Crippen LogP contribution in [0.15, 0.2) is 24.3 Å². The zero-order chi connectivity index (χ0) is 16.7. The summed E-state index contributed by atoms with van der Waals surface area (Å²) in [6, 6.07) is 7.92. The van der Waals surface area contributed by atoms with Crippen LogP contribution in [0.3, 0.4) is 0 Å². The number of hydrogen-bond donors (Lipinski definition) is 2. The van der Waals surface area contributed by atoms with E-state index in [0.717, 1.165) is 30.1 Å². The van der Waals surface area contributed by atoms with Crippen LogP contribution in [0.1, 0.15) is 37.3 Å². The molecule has 2 rings (SSSR count). The third-order valence-corrected chi connectivity index (χ3v) is 4.96. The molecule has 4 nitrogen and oxygen atoms in total. The van der Waals surface area contributed by atoms with E-state index < -0.39 is 0 Å². The van der Waals surface area contributed by atoms with Gasteiger partial charge in [-0.15, -0.1) is 0 Å². The maximum Gasteiger partial charge on any atom is 0.220 e. The van der Waals surface area contributed by atoms with Gasteiger partial charge in [0, 0.05) is 18.0 Å². The highest BCUT2D eigenvalue weighted by Crippen LogP contribution is 2.25. The molecule has 2 N–H and O–H groups in total. The van der Waals surface area contributed by atoms with Crippen LogP contribution in [0.4, 0.5) is 0 Å². The number of carbonyl (C=O) groups excluding carboxylic acids is 1. The van der Waals surface area contributed by atoms with Gasteiger partial charge in [-0.05, 0) is 64.0 Å². The number of carbonyl (C=O) groups is 1. The van der Waals surface area contributed by atoms with Gasteiger partial charge in [0.1, 0.15) is 0 Å². The zero-order valence-corrected chi connectivity index (χ0v) is 14.9. The molecule has 0 radical (unpaired) electrons. The smallest absolute Gasteiger partial charge is 0.220 e. The number of nitrogens with zero attached hydrogens (tertiary/aromatic N) is 1. The van der Waals surface area contributed by atoms with Gasteiger partial charge in [-0.2, -0.15) is 0 Å². The van der Waals surface area contributed by atoms with Crippen LogP contribution in [0.25, 0.3) is 0 Å². The molecule has 1 amide bonds. The first-order chi connectivity index (χ1) is 11.1. The van der Waals surface area contributed by atoms with Gasteiger partial charge in [0.15, 0.2) is 0 Å². The Kier molecular flexibility index (Phi) is 7.34. The predicted molar refractivity (Wildman–Crippen MR) is 95.7 cm³/mol. The van der Waals surface area contributed by atoms with Gasteiger partial charge >= 0.3 is 0 Å². The van der Waals surface area contributed by atoms with Crippen molar-refractivity contribution in [1.82, 2.24) is 15.5 Å². The molecule has 128 valence electrons. The van der Waals surface area contributed by atoms with Crippen molar-refractivity contribution < 1.29 is 4.79 Å². The first-order valence-corrected chi connectivity index (χ1v) is 8.84. The third kappa shape index (κ3) is 5.79. The van der Waals surface area contributed by atoms with E-state index in [4.69, 9.17) is 11.6 Å². The number of nitrogens with one attached hydrogen (secondary N) is 2. The summed E-state index contributed by atoms with van der Waals surface area (Å²) >= 11 is 6.30. The van der Waals surface area contributed by atoms with E-state index in [1.165, 1.54) is 12.8 Å². The van der Waals surface area contributed by atoms with Gasteiger partial charge < -0.3 is 15.5 Å². The summed E-state index contributed by atoms with van der Waals surface area (Å²) in [6.45, 7) is 2.75. The van der Waals surface area contributed by atoms with E-state index in [1.807, 2.05) is 38.4 Å². The van der Waals surface area contributed by atoms with E-state index in [-0.39, 0.29) is 11.9 Å². The van der Waals surface area contributed by atoms with Crippen molar-refractivity contribution >= 4 is 17.5 Å². The Hall–Kier alpha value is -1.10. The molecular weight excluding hydrogens is 310 g/mol. The summed E-state index contributed by atoms with van der Waals surface area (Å²) in [5, 5.41) is 7.18. The second-order valence-corrected chi connectivity index (χ2v) is 6.94. The molecule has 1 aliphatic heterocycles. The highest BCUT2D eigenvalue weighted by Gasteiger charge is 2.19. The van der Waals surface area contributed by atoms with E-state index in [0.29, 0.717) is 18.9 Å². The van der Waals surface area contributed by atoms with Crippen LogP contribution in [-0.2, 0) is 4.79 Å². The normalized spacial score (nSPS) is 17.2. The monoisotopic (exact) mass is 337 g/mol. The first kappa shape index (κ1) is 18.2. The molecule has 0 aliphatic carbocycles. The van der Waals surface area contributed by atoms with Crippen LogP contribution < -0.4 is 10.6 Å². The molecule has 1 atom stereocenters. The summed E-state index contributed by atoms with van der Waals surface area (Å²) in [4.78, 5) is 14.2. The van der Waals surface area contributed by atoms with Crippen LogP contribution >= 0.6 is 11.6 Å². The van der Waals surface area contributed by atoms with E-state index in [9.17, 15) is 4.79 Å². The molecule has 0 bridgehead atoms. The molecule has 5 heteroatoms. The zero-order valence-electron chi connectivity index (χ0n) is 14.1. The van der Waals surface area contributed by atoms with Gasteiger partial charge in [0.05, 0.1) is 6.04 Å². The number of hydrogen-bond acceptors (Lipinski definition) is 3. The van der Waals surface area contributed by atoms with Gasteiger partial charge in [-0.3, -0.25) is 4.79 Å². The standard InChI is InChI=1S/C18H28ClN3O/c1-22(2)17(15-5-3-4-6-16(15)19)13-21-18(23)8-7-14-9-11-20-12-10-14/h3-6,14,17,20H,7-13H2,1-2H3,(H,21,23). The highest BCUT2D eigenvalue weighted by molar-refractivity contribution is 6.31. The molecule has 0 aromatic heterocycles. The van der Waals surface area contributed by atoms with Crippen molar-refractivity contribution in [2.75, 3.05) is 33.7 Å². The van der Waals surface area contributed by atoms with Gasteiger partial charge in [-0.25, -0.2) is 0 Å². The van der Waals surface area contributed by atoms with Gasteiger partial charge in [-0.1, -0.05) is 29.8 Å². The Balaban J connectivity index is 1.81. The largest absolute Gasteiger partial charge is 0.354 e. The molecular formula is C18H28ClN3O. The lowest BCUT2D eigenvalue weighted by molar-refractivity contribution is -0.121. The minimum Gasteiger partial charge on any atom is -0.354 e. The van der Waals surface area contributed by atoms with Crippen LogP contribution in [0.2, 0.25) is 5.02 Å². The van der Waals surface area contributed by atoms with E-state index in [2.05, 4.69) is 15.5 Å². The van der Waals surface area contributed by atoms with Crippen LogP contribution in [0, 0.1) is 5.92 Å². The Morgan fingerprint density at radius 2 is 2.04 bits per heavy atom. The van der Waals surface area contributed by atoms with Crippen LogP contribution in [-0.4, -0.2) is 44.5 Å². The molecule has 1 fully saturated rings. The predicted octanol–water partition coefficient (Wildman–Crippen LogP) is 2.84. The Morgan fingerprint density at radius 3 is 2.70 bits per heavy atom. The summed E-state index contributed by atoms with van der Waals surface area (Å²) in [5.41, 5.74) is 1.05. The molecule has 1 aromatic rings. The maximum absolute atomic E-state index is 12.2.